The molecule has 5 nitrogen and oxygen atoms in total. The molecule has 1 aliphatic carbocycles. The molecule has 0 aliphatic heterocycles. The Morgan fingerprint density at radius 2 is 2.22 bits per heavy atom. The van der Waals surface area contributed by atoms with Crippen molar-refractivity contribution in [1.82, 2.24) is 14.8 Å². The minimum Gasteiger partial charge on any atom is -0.481 e. The number of aryl methyl sites for hydroxylation is 1. The molecular weight excluding hydrogens is 250 g/mol. The van der Waals surface area contributed by atoms with E-state index in [1.54, 1.807) is 0 Å². The molecule has 1 aromatic rings. The SMILES string of the molecule is CCC1(Cn2c(C)nnc2SCC(=O)O)CCC1. The molecule has 1 fully saturated rings. The smallest absolute Gasteiger partial charge is 0.313 e. The highest BCUT2D eigenvalue weighted by atomic mass is 32.2. The number of carbonyl (C=O) groups is 1. The zero-order valence-electron chi connectivity index (χ0n) is 10.8. The van der Waals surface area contributed by atoms with Gasteiger partial charge in [0.15, 0.2) is 5.16 Å². The van der Waals surface area contributed by atoms with Crippen LogP contribution in [0.1, 0.15) is 38.4 Å². The van der Waals surface area contributed by atoms with Crippen LogP contribution in [0.4, 0.5) is 0 Å². The highest BCUT2D eigenvalue weighted by molar-refractivity contribution is 7.99. The van der Waals surface area contributed by atoms with Gasteiger partial charge < -0.3 is 9.67 Å². The molecule has 0 spiro atoms. The fourth-order valence-electron chi connectivity index (χ4n) is 2.41. The van der Waals surface area contributed by atoms with Crippen LogP contribution in [-0.4, -0.2) is 31.6 Å². The van der Waals surface area contributed by atoms with E-state index in [0.717, 1.165) is 23.9 Å². The number of rotatable bonds is 6. The number of nitrogens with zero attached hydrogens (tertiary/aromatic N) is 3. The fourth-order valence-corrected chi connectivity index (χ4v) is 3.12. The van der Waals surface area contributed by atoms with E-state index in [0.29, 0.717) is 5.41 Å². The Hall–Kier alpha value is -1.04. The summed E-state index contributed by atoms with van der Waals surface area (Å²) < 4.78 is 2.08. The van der Waals surface area contributed by atoms with Crippen molar-refractivity contribution in [3.05, 3.63) is 5.82 Å². The van der Waals surface area contributed by atoms with Crippen LogP contribution >= 0.6 is 11.8 Å². The lowest BCUT2D eigenvalue weighted by Gasteiger charge is -2.41. The molecule has 0 saturated heterocycles. The maximum Gasteiger partial charge on any atom is 0.313 e. The van der Waals surface area contributed by atoms with Gasteiger partial charge in [-0.05, 0) is 31.6 Å². The van der Waals surface area contributed by atoms with Crippen LogP contribution in [0.3, 0.4) is 0 Å². The van der Waals surface area contributed by atoms with Crippen molar-refractivity contribution in [3.8, 4) is 0 Å². The highest BCUT2D eigenvalue weighted by Gasteiger charge is 2.36. The maximum atomic E-state index is 10.6. The van der Waals surface area contributed by atoms with Crippen molar-refractivity contribution in [2.45, 2.75) is 51.2 Å². The van der Waals surface area contributed by atoms with Gasteiger partial charge in [-0.25, -0.2) is 0 Å². The maximum absolute atomic E-state index is 10.6. The van der Waals surface area contributed by atoms with Crippen molar-refractivity contribution in [2.75, 3.05) is 5.75 Å². The van der Waals surface area contributed by atoms with E-state index >= 15 is 0 Å². The van der Waals surface area contributed by atoms with Gasteiger partial charge in [0.25, 0.3) is 0 Å². The molecular formula is C12H19N3O2S. The first-order valence-corrected chi connectivity index (χ1v) is 7.29. The molecule has 0 amide bonds. The summed E-state index contributed by atoms with van der Waals surface area (Å²) >= 11 is 1.25. The molecule has 0 unspecified atom stereocenters. The van der Waals surface area contributed by atoms with Crippen LogP contribution in [0.25, 0.3) is 0 Å². The monoisotopic (exact) mass is 269 g/mol. The minimum atomic E-state index is -0.818. The molecule has 100 valence electrons. The largest absolute Gasteiger partial charge is 0.481 e. The lowest BCUT2D eigenvalue weighted by molar-refractivity contribution is -0.133. The summed E-state index contributed by atoms with van der Waals surface area (Å²) in [6, 6.07) is 0. The van der Waals surface area contributed by atoms with E-state index < -0.39 is 5.97 Å². The van der Waals surface area contributed by atoms with E-state index in [4.69, 9.17) is 5.11 Å². The second-order valence-electron chi connectivity index (χ2n) is 5.01. The number of aromatic nitrogens is 3. The molecule has 1 aliphatic rings. The quantitative estimate of drug-likeness (QED) is 0.803. The van der Waals surface area contributed by atoms with Crippen LogP contribution in [0, 0.1) is 12.3 Å². The molecule has 1 heterocycles. The van der Waals surface area contributed by atoms with E-state index in [-0.39, 0.29) is 5.75 Å². The average molecular weight is 269 g/mol. The molecule has 0 aromatic carbocycles. The number of hydrogen-bond donors (Lipinski definition) is 1. The van der Waals surface area contributed by atoms with Crippen LogP contribution in [0.5, 0.6) is 0 Å². The zero-order valence-corrected chi connectivity index (χ0v) is 11.7. The summed E-state index contributed by atoms with van der Waals surface area (Å²) in [6.07, 6.45) is 4.97. The number of hydrogen-bond acceptors (Lipinski definition) is 4. The van der Waals surface area contributed by atoms with Gasteiger partial charge in [0.05, 0.1) is 5.75 Å². The third-order valence-corrected chi connectivity index (χ3v) is 4.84. The first kappa shape index (κ1) is 13.4. The van der Waals surface area contributed by atoms with Gasteiger partial charge in [0.1, 0.15) is 5.82 Å². The summed E-state index contributed by atoms with van der Waals surface area (Å²) in [5.74, 6) is 0.0979. The predicted molar refractivity (Wildman–Crippen MR) is 69.7 cm³/mol. The molecule has 1 aromatic heterocycles. The Bertz CT molecular complexity index is 435. The molecule has 6 heteroatoms. The van der Waals surface area contributed by atoms with Crippen LogP contribution in [0.2, 0.25) is 0 Å². The zero-order chi connectivity index (χ0) is 13.2. The summed E-state index contributed by atoms with van der Waals surface area (Å²) in [5, 5.41) is 17.6. The second-order valence-corrected chi connectivity index (χ2v) is 5.95. The Balaban J connectivity index is 2.11. The van der Waals surface area contributed by atoms with E-state index in [1.807, 2.05) is 6.92 Å². The highest BCUT2D eigenvalue weighted by Crippen LogP contribution is 2.45. The molecule has 0 bridgehead atoms. The van der Waals surface area contributed by atoms with Crippen LogP contribution in [-0.2, 0) is 11.3 Å². The van der Waals surface area contributed by atoms with E-state index in [1.165, 1.54) is 31.0 Å². The summed E-state index contributed by atoms with van der Waals surface area (Å²) in [7, 11) is 0. The Morgan fingerprint density at radius 1 is 1.50 bits per heavy atom. The van der Waals surface area contributed by atoms with Gasteiger partial charge in [0.2, 0.25) is 0 Å². The second kappa shape index (κ2) is 5.30. The number of aliphatic carboxylic acids is 1. The third-order valence-electron chi connectivity index (χ3n) is 3.88. The fraction of sp³-hybridized carbons (Fsp3) is 0.750. The van der Waals surface area contributed by atoms with Crippen molar-refractivity contribution in [2.24, 2.45) is 5.41 Å². The molecule has 2 rings (SSSR count). The standard InChI is InChI=1S/C12H19N3O2S/c1-3-12(5-4-6-12)8-15-9(2)13-14-11(15)18-7-10(16)17/h3-8H2,1-2H3,(H,16,17). The lowest BCUT2D eigenvalue weighted by Crippen LogP contribution is -2.34. The molecule has 1 N–H and O–H groups in total. The normalized spacial score (nSPS) is 17.4. The van der Waals surface area contributed by atoms with E-state index in [9.17, 15) is 4.79 Å². The van der Waals surface area contributed by atoms with Crippen molar-refractivity contribution < 1.29 is 9.90 Å². The Morgan fingerprint density at radius 3 is 2.72 bits per heavy atom. The van der Waals surface area contributed by atoms with Gasteiger partial charge in [-0.1, -0.05) is 25.1 Å². The Kier molecular flexibility index (Phi) is 3.94. The molecule has 1 saturated carbocycles. The van der Waals surface area contributed by atoms with Gasteiger partial charge in [-0.15, -0.1) is 10.2 Å². The third kappa shape index (κ3) is 2.68. The average Bonchev–Trinajstić information content (AvgIpc) is 2.62. The number of carboxylic acids is 1. The lowest BCUT2D eigenvalue weighted by atomic mass is 9.67. The van der Waals surface area contributed by atoms with Crippen LogP contribution < -0.4 is 0 Å². The minimum absolute atomic E-state index is 0.0389. The number of carboxylic acid groups (broad SMARTS) is 1. The first-order chi connectivity index (χ1) is 8.56. The summed E-state index contributed by atoms with van der Waals surface area (Å²) in [6.45, 7) is 5.08. The van der Waals surface area contributed by atoms with Crippen molar-refractivity contribution in [3.63, 3.8) is 0 Å². The number of thioether (sulfide) groups is 1. The molecule has 0 atom stereocenters. The van der Waals surface area contributed by atoms with Gasteiger partial charge in [0, 0.05) is 6.54 Å². The predicted octanol–water partition coefficient (Wildman–Crippen LogP) is 2.34. The van der Waals surface area contributed by atoms with Gasteiger partial charge in [-0.3, -0.25) is 4.79 Å². The van der Waals surface area contributed by atoms with Crippen molar-refractivity contribution in [1.29, 1.82) is 0 Å². The van der Waals surface area contributed by atoms with Gasteiger partial charge in [-0.2, -0.15) is 0 Å². The summed E-state index contributed by atoms with van der Waals surface area (Å²) in [4.78, 5) is 10.6. The summed E-state index contributed by atoms with van der Waals surface area (Å²) in [5.41, 5.74) is 0.381. The Labute approximate surface area is 111 Å². The van der Waals surface area contributed by atoms with Crippen molar-refractivity contribution >= 4 is 17.7 Å². The topological polar surface area (TPSA) is 68.0 Å². The van der Waals surface area contributed by atoms with E-state index in [2.05, 4.69) is 21.7 Å². The van der Waals surface area contributed by atoms with Crippen LogP contribution in [0.15, 0.2) is 5.16 Å². The van der Waals surface area contributed by atoms with Gasteiger partial charge >= 0.3 is 5.97 Å². The molecule has 18 heavy (non-hydrogen) atoms. The first-order valence-electron chi connectivity index (χ1n) is 6.31. The molecule has 0 radical (unpaired) electrons.